The van der Waals surface area contributed by atoms with Crippen molar-refractivity contribution in [2.45, 2.75) is 31.2 Å². The molecule has 1 aromatic heterocycles. The first-order chi connectivity index (χ1) is 15.0. The lowest BCUT2D eigenvalue weighted by atomic mass is 10.2. The number of nitrogens with zero attached hydrogens (tertiary/aromatic N) is 2. The second kappa shape index (κ2) is 11.5. The van der Waals surface area contributed by atoms with E-state index in [9.17, 15) is 9.59 Å². The minimum absolute atomic E-state index is 0.109. The Kier molecular flexibility index (Phi) is 8.80. The average molecular weight is 475 g/mol. The number of methoxy groups -OCH3 is 1. The Morgan fingerprint density at radius 1 is 1.13 bits per heavy atom. The summed E-state index contributed by atoms with van der Waals surface area (Å²) in [6.45, 7) is 2.83. The Labute approximate surface area is 194 Å². The molecule has 3 rings (SSSR count). The minimum Gasteiger partial charge on any atom is -0.465 e. The standard InChI is InChI=1S/C23H26N2O3S3/c1-16-6-9-18(10-7-16)30-13-4-5-21(26)24-23-25(12-14-29-3)19-11-8-17(22(27)28-2)15-20(19)31-23/h6-11,15H,4-5,12-14H2,1-3H3. The fraction of sp³-hybridized carbons (Fsp3) is 0.348. The number of aromatic nitrogens is 1. The molecule has 0 aliphatic carbocycles. The van der Waals surface area contributed by atoms with Crippen LogP contribution in [0.2, 0.25) is 0 Å². The van der Waals surface area contributed by atoms with Crippen molar-refractivity contribution in [3.8, 4) is 0 Å². The van der Waals surface area contributed by atoms with Gasteiger partial charge in [-0.3, -0.25) is 4.79 Å². The maximum absolute atomic E-state index is 12.5. The van der Waals surface area contributed by atoms with Crippen molar-refractivity contribution in [2.24, 2.45) is 4.99 Å². The van der Waals surface area contributed by atoms with Gasteiger partial charge in [0.05, 0.1) is 22.9 Å². The van der Waals surface area contributed by atoms with E-state index >= 15 is 0 Å². The van der Waals surface area contributed by atoms with Crippen LogP contribution in [0.1, 0.15) is 28.8 Å². The van der Waals surface area contributed by atoms with E-state index in [1.165, 1.54) is 28.9 Å². The topological polar surface area (TPSA) is 60.7 Å². The van der Waals surface area contributed by atoms with E-state index < -0.39 is 0 Å². The number of fused-ring (bicyclic) bond motifs is 1. The van der Waals surface area contributed by atoms with Crippen molar-refractivity contribution >= 4 is 57.0 Å². The molecule has 0 radical (unpaired) electrons. The van der Waals surface area contributed by atoms with E-state index in [1.54, 1.807) is 29.6 Å². The van der Waals surface area contributed by atoms with Crippen LogP contribution in [0, 0.1) is 6.92 Å². The van der Waals surface area contributed by atoms with E-state index in [4.69, 9.17) is 4.74 Å². The molecular weight excluding hydrogens is 448 g/mol. The average Bonchev–Trinajstić information content (AvgIpc) is 3.11. The van der Waals surface area contributed by atoms with Gasteiger partial charge in [-0.2, -0.15) is 16.8 Å². The Balaban J connectivity index is 1.72. The van der Waals surface area contributed by atoms with Gasteiger partial charge >= 0.3 is 5.97 Å². The molecule has 0 aliphatic heterocycles. The predicted octanol–water partition coefficient (Wildman–Crippen LogP) is 5.16. The van der Waals surface area contributed by atoms with Crippen molar-refractivity contribution in [3.63, 3.8) is 0 Å². The lowest BCUT2D eigenvalue weighted by Gasteiger charge is -2.04. The van der Waals surface area contributed by atoms with Gasteiger partial charge in [0.2, 0.25) is 5.91 Å². The normalized spacial score (nSPS) is 11.8. The number of esters is 1. The SMILES string of the molecule is COC(=O)c1ccc2c(c1)sc(=NC(=O)CCCSc1ccc(C)cc1)n2CCSC. The van der Waals surface area contributed by atoms with E-state index in [0.717, 1.165) is 34.7 Å². The quantitative estimate of drug-likeness (QED) is 0.244. The van der Waals surface area contributed by atoms with Crippen molar-refractivity contribution in [1.29, 1.82) is 0 Å². The Morgan fingerprint density at radius 2 is 1.90 bits per heavy atom. The molecule has 0 saturated carbocycles. The number of aryl methyl sites for hydroxylation is 2. The molecule has 2 aromatic carbocycles. The molecule has 8 heteroatoms. The molecule has 164 valence electrons. The maximum atomic E-state index is 12.5. The molecule has 1 amide bonds. The fourth-order valence-electron chi connectivity index (χ4n) is 3.01. The highest BCUT2D eigenvalue weighted by molar-refractivity contribution is 7.99. The third-order valence-corrected chi connectivity index (χ3v) is 7.40. The zero-order chi connectivity index (χ0) is 22.2. The predicted molar refractivity (Wildman–Crippen MR) is 131 cm³/mol. The van der Waals surface area contributed by atoms with Gasteiger partial charge < -0.3 is 9.30 Å². The van der Waals surface area contributed by atoms with Gasteiger partial charge in [-0.15, -0.1) is 11.8 Å². The number of carbonyl (C=O) groups is 2. The monoisotopic (exact) mass is 474 g/mol. The van der Waals surface area contributed by atoms with Gasteiger partial charge in [-0.05, 0) is 55.7 Å². The summed E-state index contributed by atoms with van der Waals surface area (Å²) >= 11 is 4.94. The van der Waals surface area contributed by atoms with Gasteiger partial charge in [-0.1, -0.05) is 29.0 Å². The van der Waals surface area contributed by atoms with Crippen LogP contribution >= 0.6 is 34.9 Å². The van der Waals surface area contributed by atoms with Crippen molar-refractivity contribution in [1.82, 2.24) is 4.57 Å². The molecule has 0 fully saturated rings. The largest absolute Gasteiger partial charge is 0.465 e. The second-order valence-electron chi connectivity index (χ2n) is 6.97. The highest BCUT2D eigenvalue weighted by Gasteiger charge is 2.12. The van der Waals surface area contributed by atoms with Crippen LogP contribution < -0.4 is 4.80 Å². The Bertz CT molecular complexity index is 1120. The summed E-state index contributed by atoms with van der Waals surface area (Å²) in [6.07, 6.45) is 3.25. The van der Waals surface area contributed by atoms with Crippen LogP contribution in [0.4, 0.5) is 0 Å². The minimum atomic E-state index is -0.369. The highest BCUT2D eigenvalue weighted by atomic mass is 32.2. The number of hydrogen-bond acceptors (Lipinski definition) is 6. The van der Waals surface area contributed by atoms with E-state index in [1.807, 2.05) is 12.1 Å². The molecular formula is C23H26N2O3S3. The molecule has 0 unspecified atom stereocenters. The summed E-state index contributed by atoms with van der Waals surface area (Å²) in [4.78, 5) is 30.7. The molecule has 5 nitrogen and oxygen atoms in total. The lowest BCUT2D eigenvalue weighted by molar-refractivity contribution is -0.118. The summed E-state index contributed by atoms with van der Waals surface area (Å²) in [6, 6.07) is 13.9. The molecule has 0 bridgehead atoms. The van der Waals surface area contributed by atoms with Crippen LogP contribution in [-0.2, 0) is 16.1 Å². The van der Waals surface area contributed by atoms with Gasteiger partial charge in [0.1, 0.15) is 0 Å². The van der Waals surface area contributed by atoms with Crippen LogP contribution in [-0.4, -0.2) is 41.3 Å². The molecule has 31 heavy (non-hydrogen) atoms. The Morgan fingerprint density at radius 3 is 2.61 bits per heavy atom. The van der Waals surface area contributed by atoms with Crippen molar-refractivity contribution < 1.29 is 14.3 Å². The summed E-state index contributed by atoms with van der Waals surface area (Å²) < 4.78 is 7.81. The first kappa shape index (κ1) is 23.6. The summed E-state index contributed by atoms with van der Waals surface area (Å²) in [7, 11) is 1.37. The number of amides is 1. The van der Waals surface area contributed by atoms with Crippen molar-refractivity contribution in [2.75, 3.05) is 24.9 Å². The number of benzene rings is 2. The summed E-state index contributed by atoms with van der Waals surface area (Å²) in [5.74, 6) is 1.32. The molecule has 1 heterocycles. The number of carbonyl (C=O) groups excluding carboxylic acids is 2. The molecule has 3 aromatic rings. The zero-order valence-electron chi connectivity index (χ0n) is 17.9. The van der Waals surface area contributed by atoms with E-state index in [0.29, 0.717) is 16.8 Å². The number of rotatable bonds is 9. The number of thiazole rings is 1. The molecule has 0 saturated heterocycles. The third kappa shape index (κ3) is 6.48. The molecule has 0 atom stereocenters. The number of hydrogen-bond donors (Lipinski definition) is 0. The fourth-order valence-corrected chi connectivity index (χ4v) is 5.34. The van der Waals surface area contributed by atoms with Gasteiger partial charge in [0.25, 0.3) is 0 Å². The maximum Gasteiger partial charge on any atom is 0.337 e. The molecule has 0 N–H and O–H groups in total. The lowest BCUT2D eigenvalue weighted by Crippen LogP contribution is -2.18. The van der Waals surface area contributed by atoms with Crippen LogP contribution in [0.5, 0.6) is 0 Å². The first-order valence-corrected chi connectivity index (χ1v) is 13.2. The molecule has 0 spiro atoms. The van der Waals surface area contributed by atoms with Gasteiger partial charge in [0, 0.05) is 23.6 Å². The second-order valence-corrected chi connectivity index (χ2v) is 10.1. The highest BCUT2D eigenvalue weighted by Crippen LogP contribution is 2.21. The van der Waals surface area contributed by atoms with E-state index in [2.05, 4.69) is 47.0 Å². The zero-order valence-corrected chi connectivity index (χ0v) is 20.4. The smallest absolute Gasteiger partial charge is 0.337 e. The number of ether oxygens (including phenoxy) is 1. The van der Waals surface area contributed by atoms with Crippen LogP contribution in [0.25, 0.3) is 10.2 Å². The first-order valence-electron chi connectivity index (χ1n) is 9.99. The van der Waals surface area contributed by atoms with Gasteiger partial charge in [0.15, 0.2) is 4.80 Å². The molecule has 0 aliphatic rings. The van der Waals surface area contributed by atoms with E-state index in [-0.39, 0.29) is 11.9 Å². The summed E-state index contributed by atoms with van der Waals surface area (Å²) in [5, 5.41) is 0. The number of thioether (sulfide) groups is 2. The van der Waals surface area contributed by atoms with Crippen LogP contribution in [0.3, 0.4) is 0 Å². The Hall–Kier alpha value is -2.03. The van der Waals surface area contributed by atoms with Gasteiger partial charge in [-0.25, -0.2) is 4.79 Å². The summed E-state index contributed by atoms with van der Waals surface area (Å²) in [5.41, 5.74) is 2.72. The third-order valence-electron chi connectivity index (χ3n) is 4.67. The van der Waals surface area contributed by atoms with Crippen molar-refractivity contribution in [3.05, 3.63) is 58.4 Å². The van der Waals surface area contributed by atoms with Crippen LogP contribution in [0.15, 0.2) is 52.4 Å².